The lowest BCUT2D eigenvalue weighted by atomic mass is 9.95. The van der Waals surface area contributed by atoms with Gasteiger partial charge < -0.3 is 22.1 Å². The van der Waals surface area contributed by atoms with Crippen molar-refractivity contribution >= 4 is 64.6 Å². The number of hydrogen-bond acceptors (Lipinski definition) is 8. The van der Waals surface area contributed by atoms with E-state index in [0.717, 1.165) is 77.5 Å². The number of aromatic nitrogens is 2. The summed E-state index contributed by atoms with van der Waals surface area (Å²) in [5.74, 6) is -2.25. The van der Waals surface area contributed by atoms with Gasteiger partial charge in [-0.3, -0.25) is 48.1 Å². The predicted molar refractivity (Wildman–Crippen MR) is 242 cm³/mol. The number of amides is 6. The van der Waals surface area contributed by atoms with Crippen LogP contribution >= 0.6 is 12.4 Å². The summed E-state index contributed by atoms with van der Waals surface area (Å²) in [6.45, 7) is 4.46. The number of carbonyl (C=O) groups is 6. The van der Waals surface area contributed by atoms with Crippen molar-refractivity contribution in [3.63, 3.8) is 0 Å². The predicted octanol–water partition coefficient (Wildman–Crippen LogP) is 3.81. The van der Waals surface area contributed by atoms with E-state index in [2.05, 4.69) is 41.9 Å². The molecule has 0 saturated carbocycles. The van der Waals surface area contributed by atoms with Crippen molar-refractivity contribution < 1.29 is 28.8 Å². The van der Waals surface area contributed by atoms with E-state index in [4.69, 9.17) is 11.5 Å². The van der Waals surface area contributed by atoms with Crippen LogP contribution in [0.15, 0.2) is 59.4 Å². The summed E-state index contributed by atoms with van der Waals surface area (Å²) in [6.07, 6.45) is 7.29. The van der Waals surface area contributed by atoms with E-state index in [1.807, 2.05) is 42.5 Å². The molecule has 0 radical (unpaired) electrons. The Bertz CT molecular complexity index is 2460. The van der Waals surface area contributed by atoms with Crippen molar-refractivity contribution in [3.8, 4) is 0 Å². The molecule has 1 fully saturated rings. The largest absolute Gasteiger partial charge is 0.370 e. The monoisotopic (exact) mass is 882 g/mol. The van der Waals surface area contributed by atoms with Crippen molar-refractivity contribution in [2.75, 3.05) is 4.90 Å². The van der Waals surface area contributed by atoms with Crippen molar-refractivity contribution in [2.45, 2.75) is 134 Å². The minimum atomic E-state index is -1.04. The molecule has 6 amide bonds. The molecule has 3 aliphatic heterocycles. The first kappa shape index (κ1) is 46.7. The zero-order chi connectivity index (χ0) is 44.2. The zero-order valence-corrected chi connectivity index (χ0v) is 37.1. The van der Waals surface area contributed by atoms with Crippen LogP contribution in [0.2, 0.25) is 0 Å². The number of benzene rings is 3. The summed E-state index contributed by atoms with van der Waals surface area (Å²) in [6, 6.07) is 14.6. The topological polar surface area (TPSA) is 221 Å². The first-order valence-corrected chi connectivity index (χ1v) is 21.9. The van der Waals surface area contributed by atoms with E-state index >= 15 is 0 Å². The van der Waals surface area contributed by atoms with E-state index in [1.54, 1.807) is 11.6 Å². The molecule has 15 nitrogen and oxygen atoms in total. The Morgan fingerprint density at radius 2 is 1.52 bits per heavy atom. The van der Waals surface area contributed by atoms with E-state index in [9.17, 15) is 33.6 Å². The first-order chi connectivity index (χ1) is 29.7. The van der Waals surface area contributed by atoms with Crippen molar-refractivity contribution in [3.05, 3.63) is 98.5 Å². The molecular weight excluding hydrogens is 824 g/mol. The number of nitrogens with two attached hydrogens (primary N) is 2. The molecule has 0 spiro atoms. The number of aryl methyl sites for hydroxylation is 4. The number of carbonyl (C=O) groups excluding carboxylic acids is 6. The molecule has 3 aliphatic rings. The van der Waals surface area contributed by atoms with Crippen LogP contribution in [0, 0.1) is 0 Å². The molecule has 63 heavy (non-hydrogen) atoms. The van der Waals surface area contributed by atoms with Crippen molar-refractivity contribution in [1.29, 1.82) is 0 Å². The number of anilines is 1. The van der Waals surface area contributed by atoms with Gasteiger partial charge in [-0.15, -0.1) is 12.4 Å². The first-order valence-electron chi connectivity index (χ1n) is 21.9. The number of piperidine rings is 1. The van der Waals surface area contributed by atoms with Gasteiger partial charge in [0.1, 0.15) is 18.1 Å². The van der Waals surface area contributed by atoms with Crippen molar-refractivity contribution in [1.82, 2.24) is 25.1 Å². The van der Waals surface area contributed by atoms with Gasteiger partial charge in [0.2, 0.25) is 35.4 Å². The molecule has 1 aromatic heterocycles. The maximum Gasteiger partial charge on any atom is 0.329 e. The lowest BCUT2D eigenvalue weighted by Gasteiger charge is -2.28. The highest BCUT2D eigenvalue weighted by molar-refractivity contribution is 6.07. The van der Waals surface area contributed by atoms with Crippen LogP contribution in [-0.4, -0.2) is 62.7 Å². The fourth-order valence-electron chi connectivity index (χ4n) is 9.14. The molecule has 3 aromatic carbocycles. The Hall–Kier alpha value is -5.80. The Morgan fingerprint density at radius 3 is 2.21 bits per heavy atom. The molecule has 7 rings (SSSR count). The van der Waals surface area contributed by atoms with Crippen LogP contribution in [-0.2, 0) is 68.0 Å². The Balaban J connectivity index is 0.00000661. The summed E-state index contributed by atoms with van der Waals surface area (Å²) in [5.41, 5.74) is 19.9. The standard InChI is InChI=1S/C47H58N8O7.ClH/c1-27(2)31-13-10-29(11-14-31)26-50-43(58)35(17-20-40(49)56)51-45(60)39-25-33-23-30(22-32-15-16-34(48)46(61)55(39)42(32)33)9-7-5-4-6-8-28-12-18-36-38(24-28)53(3)47(62)54(36)37-19-21-41(57)52-44(37)59;/h10-14,18,22-24,27,34-35,37,39H,4-9,15-17,19-21,25-26,48H2,1-3H3,(H2,49,56)(H,50,58)(H,51,60)(H,52,57,59);1H/t34-,35-,37?,39-;/m0./s1. The molecule has 1 saturated heterocycles. The normalized spacial score (nSPS) is 18.7. The molecule has 0 bridgehead atoms. The van der Waals surface area contributed by atoms with Crippen LogP contribution in [0.4, 0.5) is 5.69 Å². The molecule has 336 valence electrons. The SMILES string of the molecule is CC(C)c1ccc(CNC(=O)[C@H](CCC(N)=O)NC(=O)[C@@H]2Cc3cc(CCCCCCc4ccc5c(c4)n(C)c(=O)n5C4CCC(=O)NC4=O)cc4c3N2C(=O)[C@@H](N)CC4)cc1.Cl. The van der Waals surface area contributed by atoms with Gasteiger partial charge in [-0.1, -0.05) is 69.2 Å². The number of primary amides is 1. The Labute approximate surface area is 373 Å². The maximum absolute atomic E-state index is 14.1. The number of fused-ring (bicyclic) bond motifs is 1. The van der Waals surface area contributed by atoms with Crippen molar-refractivity contribution in [2.24, 2.45) is 18.5 Å². The third kappa shape index (κ3) is 10.4. The molecule has 16 heteroatoms. The highest BCUT2D eigenvalue weighted by Crippen LogP contribution is 2.40. The molecular formula is C47H59ClN8O7. The Morgan fingerprint density at radius 1 is 0.841 bits per heavy atom. The second kappa shape index (κ2) is 20.1. The van der Waals surface area contributed by atoms with Gasteiger partial charge in [0, 0.05) is 32.9 Å². The van der Waals surface area contributed by atoms with Gasteiger partial charge in [0.25, 0.3) is 0 Å². The number of rotatable bonds is 17. The highest BCUT2D eigenvalue weighted by Gasteiger charge is 2.44. The van der Waals surface area contributed by atoms with Gasteiger partial charge in [0.15, 0.2) is 0 Å². The summed E-state index contributed by atoms with van der Waals surface area (Å²) in [5, 5.41) is 8.09. The third-order valence-corrected chi connectivity index (χ3v) is 12.7. The lowest BCUT2D eigenvalue weighted by Crippen LogP contribution is -2.56. The minimum absolute atomic E-state index is 0. The van der Waals surface area contributed by atoms with Crippen LogP contribution in [0.5, 0.6) is 0 Å². The summed E-state index contributed by atoms with van der Waals surface area (Å²) < 4.78 is 3.05. The zero-order valence-electron chi connectivity index (χ0n) is 36.2. The smallest absolute Gasteiger partial charge is 0.329 e. The number of unbranched alkanes of at least 4 members (excludes halogenated alkanes) is 3. The van der Waals surface area contributed by atoms with Gasteiger partial charge in [-0.05, 0) is 103 Å². The number of hydrogen-bond donors (Lipinski definition) is 5. The molecule has 1 unspecified atom stereocenters. The number of halogens is 1. The third-order valence-electron chi connectivity index (χ3n) is 12.7. The maximum atomic E-state index is 14.1. The summed E-state index contributed by atoms with van der Waals surface area (Å²) >= 11 is 0. The second-order valence-corrected chi connectivity index (χ2v) is 17.4. The van der Waals surface area contributed by atoms with E-state index in [1.165, 1.54) is 15.0 Å². The van der Waals surface area contributed by atoms with Crippen LogP contribution in [0.25, 0.3) is 11.0 Å². The van der Waals surface area contributed by atoms with Gasteiger partial charge in [0.05, 0.1) is 22.8 Å². The van der Waals surface area contributed by atoms with E-state index < -0.39 is 47.8 Å². The Kier molecular flexibility index (Phi) is 14.9. The summed E-state index contributed by atoms with van der Waals surface area (Å²) in [4.78, 5) is 92.0. The number of nitrogens with zero attached hydrogens (tertiary/aromatic N) is 3. The minimum Gasteiger partial charge on any atom is -0.370 e. The number of imidazole rings is 1. The molecule has 7 N–H and O–H groups in total. The van der Waals surface area contributed by atoms with E-state index in [0.29, 0.717) is 30.7 Å². The number of nitrogens with one attached hydrogen (secondary N) is 3. The van der Waals surface area contributed by atoms with Gasteiger partial charge in [-0.25, -0.2) is 4.79 Å². The quantitative estimate of drug-likeness (QED) is 0.0774. The van der Waals surface area contributed by atoms with Crippen LogP contribution in [0.1, 0.15) is 117 Å². The fraction of sp³-hybridized carbons (Fsp3) is 0.468. The second-order valence-electron chi connectivity index (χ2n) is 17.4. The summed E-state index contributed by atoms with van der Waals surface area (Å²) in [7, 11) is 1.70. The molecule has 4 aromatic rings. The number of imide groups is 1. The molecule has 0 aliphatic carbocycles. The fourth-order valence-corrected chi connectivity index (χ4v) is 9.14. The average Bonchev–Trinajstić information content (AvgIpc) is 3.71. The average molecular weight is 883 g/mol. The van der Waals surface area contributed by atoms with Gasteiger partial charge in [-0.2, -0.15) is 0 Å². The highest BCUT2D eigenvalue weighted by atomic mass is 35.5. The molecule has 4 heterocycles. The lowest BCUT2D eigenvalue weighted by molar-refractivity contribution is -0.136. The van der Waals surface area contributed by atoms with Crippen LogP contribution in [0.3, 0.4) is 0 Å². The van der Waals surface area contributed by atoms with Gasteiger partial charge >= 0.3 is 5.69 Å². The molecule has 4 atom stereocenters. The van der Waals surface area contributed by atoms with Crippen LogP contribution < -0.4 is 38.0 Å². The van der Waals surface area contributed by atoms with E-state index in [-0.39, 0.29) is 62.1 Å².